The Morgan fingerprint density at radius 1 is 1.56 bits per heavy atom. The molecule has 0 aromatic carbocycles. The van der Waals surface area contributed by atoms with Crippen LogP contribution in [0.3, 0.4) is 0 Å². The highest BCUT2D eigenvalue weighted by molar-refractivity contribution is 7.89. The van der Waals surface area contributed by atoms with Gasteiger partial charge in [-0.1, -0.05) is 0 Å². The van der Waals surface area contributed by atoms with E-state index in [0.717, 1.165) is 11.3 Å². The summed E-state index contributed by atoms with van der Waals surface area (Å²) in [7, 11) is -3.14. The molecule has 0 radical (unpaired) electrons. The topological polar surface area (TPSA) is 89.2 Å². The molecule has 6 nitrogen and oxygen atoms in total. The highest BCUT2D eigenvalue weighted by Gasteiger charge is 2.26. The number of fused-ring (bicyclic) bond motifs is 1. The van der Waals surface area contributed by atoms with Crippen molar-refractivity contribution in [3.05, 3.63) is 17.5 Å². The van der Waals surface area contributed by atoms with Crippen molar-refractivity contribution >= 4 is 16.0 Å². The minimum Gasteiger partial charge on any atom is -0.368 e. The first kappa shape index (κ1) is 11.3. The Bertz CT molecular complexity index is 500. The first-order chi connectivity index (χ1) is 7.53. The van der Waals surface area contributed by atoms with Crippen molar-refractivity contribution in [2.75, 3.05) is 18.0 Å². The summed E-state index contributed by atoms with van der Waals surface area (Å²) < 4.78 is 24.8. The second kappa shape index (κ2) is 3.99. The lowest BCUT2D eigenvalue weighted by molar-refractivity contribution is 0.385. The van der Waals surface area contributed by atoms with Gasteiger partial charge < -0.3 is 5.73 Å². The van der Waals surface area contributed by atoms with Gasteiger partial charge in [0.2, 0.25) is 16.0 Å². The first-order valence-corrected chi connectivity index (χ1v) is 6.72. The molecule has 0 spiro atoms. The van der Waals surface area contributed by atoms with E-state index in [1.54, 1.807) is 13.1 Å². The van der Waals surface area contributed by atoms with Crippen LogP contribution in [-0.4, -0.2) is 35.0 Å². The molecule has 16 heavy (non-hydrogen) atoms. The maximum absolute atomic E-state index is 11.7. The van der Waals surface area contributed by atoms with E-state index in [4.69, 9.17) is 5.73 Å². The van der Waals surface area contributed by atoms with Gasteiger partial charge in [0.25, 0.3) is 0 Å². The van der Waals surface area contributed by atoms with Crippen molar-refractivity contribution in [3.8, 4) is 0 Å². The Kier molecular flexibility index (Phi) is 2.81. The van der Waals surface area contributed by atoms with E-state index in [1.165, 1.54) is 4.31 Å². The van der Waals surface area contributed by atoms with Gasteiger partial charge in [-0.2, -0.15) is 4.31 Å². The fraction of sp³-hybridized carbons (Fsp3) is 0.556. The SMILES string of the molecule is CCS(=O)(=O)N1CCc2cnc(N)nc2C1. The van der Waals surface area contributed by atoms with E-state index in [1.807, 2.05) is 0 Å². The highest BCUT2D eigenvalue weighted by Crippen LogP contribution is 2.19. The van der Waals surface area contributed by atoms with Crippen LogP contribution in [0, 0.1) is 0 Å². The lowest BCUT2D eigenvalue weighted by Gasteiger charge is -2.26. The van der Waals surface area contributed by atoms with Crippen LogP contribution in [-0.2, 0) is 23.0 Å². The third-order valence-corrected chi connectivity index (χ3v) is 4.52. The maximum atomic E-state index is 11.7. The molecule has 0 bridgehead atoms. The molecule has 2 rings (SSSR count). The van der Waals surface area contributed by atoms with Crippen LogP contribution in [0.25, 0.3) is 0 Å². The lowest BCUT2D eigenvalue weighted by Crippen LogP contribution is -2.37. The van der Waals surface area contributed by atoms with Crippen molar-refractivity contribution in [1.29, 1.82) is 0 Å². The van der Waals surface area contributed by atoms with Gasteiger partial charge in [-0.25, -0.2) is 18.4 Å². The van der Waals surface area contributed by atoms with Gasteiger partial charge in [0.05, 0.1) is 18.0 Å². The fourth-order valence-electron chi connectivity index (χ4n) is 1.71. The second-order valence-electron chi connectivity index (χ2n) is 3.68. The number of nitrogens with two attached hydrogens (primary N) is 1. The molecule has 0 fully saturated rings. The molecular weight excluding hydrogens is 228 g/mol. The smallest absolute Gasteiger partial charge is 0.220 e. The van der Waals surface area contributed by atoms with Gasteiger partial charge in [0.1, 0.15) is 0 Å². The summed E-state index contributed by atoms with van der Waals surface area (Å²) in [5, 5.41) is 0. The van der Waals surface area contributed by atoms with E-state index >= 15 is 0 Å². The molecule has 1 aromatic rings. The number of hydrogen-bond donors (Lipinski definition) is 1. The minimum atomic E-state index is -3.14. The molecule has 2 heterocycles. The van der Waals surface area contributed by atoms with E-state index in [9.17, 15) is 8.42 Å². The van der Waals surface area contributed by atoms with Crippen molar-refractivity contribution in [2.24, 2.45) is 0 Å². The molecule has 1 aliphatic rings. The summed E-state index contributed by atoms with van der Waals surface area (Å²) in [6, 6.07) is 0. The first-order valence-electron chi connectivity index (χ1n) is 5.11. The monoisotopic (exact) mass is 242 g/mol. The Labute approximate surface area is 94.6 Å². The zero-order valence-corrected chi connectivity index (χ0v) is 9.87. The van der Waals surface area contributed by atoms with Crippen molar-refractivity contribution < 1.29 is 8.42 Å². The van der Waals surface area contributed by atoms with Gasteiger partial charge in [-0.15, -0.1) is 0 Å². The van der Waals surface area contributed by atoms with Gasteiger partial charge in [0.15, 0.2) is 0 Å². The third kappa shape index (κ3) is 2.00. The number of nitrogens with zero attached hydrogens (tertiary/aromatic N) is 3. The summed E-state index contributed by atoms with van der Waals surface area (Å²) in [5.74, 6) is 0.303. The maximum Gasteiger partial charge on any atom is 0.220 e. The molecule has 0 amide bonds. The number of hydrogen-bond acceptors (Lipinski definition) is 5. The zero-order valence-electron chi connectivity index (χ0n) is 9.05. The average molecular weight is 242 g/mol. The van der Waals surface area contributed by atoms with E-state index in [2.05, 4.69) is 9.97 Å². The van der Waals surface area contributed by atoms with E-state index in [-0.39, 0.29) is 11.7 Å². The zero-order chi connectivity index (χ0) is 11.8. The van der Waals surface area contributed by atoms with Crippen LogP contribution in [0.15, 0.2) is 6.20 Å². The summed E-state index contributed by atoms with van der Waals surface area (Å²) in [5.41, 5.74) is 7.18. The Balaban J connectivity index is 2.30. The molecule has 0 aliphatic carbocycles. The van der Waals surface area contributed by atoms with E-state index in [0.29, 0.717) is 19.5 Å². The number of sulfonamides is 1. The predicted molar refractivity (Wildman–Crippen MR) is 60.0 cm³/mol. The van der Waals surface area contributed by atoms with Crippen molar-refractivity contribution in [2.45, 2.75) is 19.9 Å². The van der Waals surface area contributed by atoms with E-state index < -0.39 is 10.0 Å². The van der Waals surface area contributed by atoms with Crippen LogP contribution in [0.5, 0.6) is 0 Å². The number of nitrogen functional groups attached to an aromatic ring is 1. The van der Waals surface area contributed by atoms with Crippen LogP contribution in [0.2, 0.25) is 0 Å². The summed E-state index contributed by atoms with van der Waals surface area (Å²) in [6.45, 7) is 2.44. The van der Waals surface area contributed by atoms with Gasteiger partial charge in [0, 0.05) is 12.7 Å². The standard InChI is InChI=1S/C9H14N4O2S/c1-2-16(14,15)13-4-3-7-5-11-9(10)12-8(7)6-13/h5H,2-4,6H2,1H3,(H2,10,11,12). The number of rotatable bonds is 2. The molecule has 0 unspecified atom stereocenters. The molecule has 88 valence electrons. The molecule has 1 aliphatic heterocycles. The largest absolute Gasteiger partial charge is 0.368 e. The average Bonchev–Trinajstić information content (AvgIpc) is 2.28. The normalized spacial score (nSPS) is 17.1. The molecule has 0 saturated heterocycles. The van der Waals surface area contributed by atoms with Gasteiger partial charge in [-0.05, 0) is 18.9 Å². The van der Waals surface area contributed by atoms with Crippen LogP contribution < -0.4 is 5.73 Å². The molecule has 2 N–H and O–H groups in total. The number of aromatic nitrogens is 2. The van der Waals surface area contributed by atoms with Crippen LogP contribution in [0.4, 0.5) is 5.95 Å². The molecule has 1 aromatic heterocycles. The van der Waals surface area contributed by atoms with Crippen molar-refractivity contribution in [3.63, 3.8) is 0 Å². The van der Waals surface area contributed by atoms with Gasteiger partial charge >= 0.3 is 0 Å². The molecular formula is C9H14N4O2S. The van der Waals surface area contributed by atoms with Crippen LogP contribution in [0.1, 0.15) is 18.2 Å². The summed E-state index contributed by atoms with van der Waals surface area (Å²) in [6.07, 6.45) is 2.32. The Morgan fingerprint density at radius 2 is 2.31 bits per heavy atom. The third-order valence-electron chi connectivity index (χ3n) is 2.69. The fourth-order valence-corrected chi connectivity index (χ4v) is 2.77. The molecule has 0 saturated carbocycles. The lowest BCUT2D eigenvalue weighted by atomic mass is 10.1. The Hall–Kier alpha value is -1.21. The van der Waals surface area contributed by atoms with Gasteiger partial charge in [-0.3, -0.25) is 0 Å². The second-order valence-corrected chi connectivity index (χ2v) is 5.94. The Morgan fingerprint density at radius 3 is 3.00 bits per heavy atom. The summed E-state index contributed by atoms with van der Waals surface area (Å²) in [4.78, 5) is 7.97. The van der Waals surface area contributed by atoms with Crippen LogP contribution >= 0.6 is 0 Å². The van der Waals surface area contributed by atoms with Crippen molar-refractivity contribution in [1.82, 2.24) is 14.3 Å². The molecule has 7 heteroatoms. The summed E-state index contributed by atoms with van der Waals surface area (Å²) >= 11 is 0. The number of anilines is 1. The highest BCUT2D eigenvalue weighted by atomic mass is 32.2. The predicted octanol–water partition coefficient (Wildman–Crippen LogP) is -0.233. The molecule has 0 atom stereocenters. The minimum absolute atomic E-state index is 0.114. The quantitative estimate of drug-likeness (QED) is 0.773.